The van der Waals surface area contributed by atoms with E-state index in [0.717, 1.165) is 11.4 Å². The van der Waals surface area contributed by atoms with Crippen LogP contribution >= 0.6 is 0 Å². The van der Waals surface area contributed by atoms with Crippen molar-refractivity contribution in [1.82, 2.24) is 0 Å². The van der Waals surface area contributed by atoms with E-state index in [-0.39, 0.29) is 12.7 Å². The molecular formula is C10H13NO2. The molecule has 1 aliphatic heterocycles. The lowest BCUT2D eigenvalue weighted by atomic mass is 10.1. The monoisotopic (exact) mass is 179 g/mol. The van der Waals surface area contributed by atoms with E-state index in [9.17, 15) is 0 Å². The van der Waals surface area contributed by atoms with Gasteiger partial charge in [0.15, 0.2) is 0 Å². The molecule has 70 valence electrons. The number of hydrogen-bond donors (Lipinski definition) is 2. The van der Waals surface area contributed by atoms with E-state index in [2.05, 4.69) is 5.32 Å². The molecule has 2 rings (SSSR count). The summed E-state index contributed by atoms with van der Waals surface area (Å²) in [6.45, 7) is 2.77. The van der Waals surface area contributed by atoms with Crippen molar-refractivity contribution in [3.8, 4) is 5.75 Å². The lowest BCUT2D eigenvalue weighted by Crippen LogP contribution is -2.33. The van der Waals surface area contributed by atoms with Gasteiger partial charge in [0.05, 0.1) is 18.8 Å². The normalized spacial score (nSPS) is 20.0. The second kappa shape index (κ2) is 3.26. The van der Waals surface area contributed by atoms with E-state index in [4.69, 9.17) is 9.84 Å². The van der Waals surface area contributed by atoms with Crippen LogP contribution in [0.25, 0.3) is 0 Å². The number of ether oxygens (including phenoxy) is 1. The first-order valence-corrected chi connectivity index (χ1v) is 4.41. The Morgan fingerprint density at radius 3 is 3.23 bits per heavy atom. The zero-order chi connectivity index (χ0) is 9.26. The molecule has 2 N–H and O–H groups in total. The Hall–Kier alpha value is -1.22. The highest BCUT2D eigenvalue weighted by Crippen LogP contribution is 2.29. The fourth-order valence-corrected chi connectivity index (χ4v) is 1.43. The van der Waals surface area contributed by atoms with Crippen molar-refractivity contribution in [1.29, 1.82) is 0 Å². The van der Waals surface area contributed by atoms with E-state index in [1.54, 1.807) is 0 Å². The highest BCUT2D eigenvalue weighted by Gasteiger charge is 2.17. The van der Waals surface area contributed by atoms with Gasteiger partial charge in [0, 0.05) is 0 Å². The predicted molar refractivity (Wildman–Crippen MR) is 51.2 cm³/mol. The molecule has 0 spiro atoms. The fraction of sp³-hybridized carbons (Fsp3) is 0.400. The second-order valence-corrected chi connectivity index (χ2v) is 3.30. The van der Waals surface area contributed by atoms with Crippen LogP contribution in [-0.4, -0.2) is 24.4 Å². The van der Waals surface area contributed by atoms with Crippen LogP contribution in [0.1, 0.15) is 5.56 Å². The molecule has 3 nitrogen and oxygen atoms in total. The SMILES string of the molecule is Cc1ccc2c(c1)NCC(CO)O2. The van der Waals surface area contributed by atoms with Crippen molar-refractivity contribution < 1.29 is 9.84 Å². The second-order valence-electron chi connectivity index (χ2n) is 3.30. The molecule has 0 amide bonds. The van der Waals surface area contributed by atoms with Gasteiger partial charge in [-0.1, -0.05) is 6.07 Å². The zero-order valence-corrected chi connectivity index (χ0v) is 7.58. The molecule has 0 saturated heterocycles. The number of aryl methyl sites for hydroxylation is 1. The number of benzene rings is 1. The van der Waals surface area contributed by atoms with Crippen molar-refractivity contribution in [3.63, 3.8) is 0 Å². The number of hydrogen-bond acceptors (Lipinski definition) is 3. The summed E-state index contributed by atoms with van der Waals surface area (Å²) in [5.74, 6) is 0.830. The average molecular weight is 179 g/mol. The molecular weight excluding hydrogens is 166 g/mol. The van der Waals surface area contributed by atoms with Gasteiger partial charge in [-0.2, -0.15) is 0 Å². The summed E-state index contributed by atoms with van der Waals surface area (Å²) in [6.07, 6.45) is -0.116. The van der Waals surface area contributed by atoms with Crippen molar-refractivity contribution in [2.45, 2.75) is 13.0 Å². The molecule has 3 heteroatoms. The highest BCUT2D eigenvalue weighted by atomic mass is 16.5. The molecule has 0 radical (unpaired) electrons. The van der Waals surface area contributed by atoms with Crippen LogP contribution in [0.3, 0.4) is 0 Å². The first kappa shape index (κ1) is 8.38. The highest BCUT2D eigenvalue weighted by molar-refractivity contribution is 5.59. The van der Waals surface area contributed by atoms with E-state index >= 15 is 0 Å². The van der Waals surface area contributed by atoms with Crippen molar-refractivity contribution in [3.05, 3.63) is 23.8 Å². The van der Waals surface area contributed by atoms with Gasteiger partial charge < -0.3 is 15.2 Å². The maximum absolute atomic E-state index is 8.91. The van der Waals surface area contributed by atoms with Crippen LogP contribution in [0.2, 0.25) is 0 Å². The maximum atomic E-state index is 8.91. The quantitative estimate of drug-likeness (QED) is 0.679. The minimum Gasteiger partial charge on any atom is -0.484 e. The number of fused-ring (bicyclic) bond motifs is 1. The molecule has 1 aromatic carbocycles. The summed E-state index contributed by atoms with van der Waals surface area (Å²) in [6, 6.07) is 5.97. The number of anilines is 1. The minimum absolute atomic E-state index is 0.0559. The van der Waals surface area contributed by atoms with E-state index in [0.29, 0.717) is 6.54 Å². The van der Waals surface area contributed by atoms with E-state index in [1.165, 1.54) is 5.56 Å². The lowest BCUT2D eigenvalue weighted by Gasteiger charge is -2.26. The number of aliphatic hydroxyl groups is 1. The summed E-state index contributed by atoms with van der Waals surface area (Å²) in [5.41, 5.74) is 2.22. The van der Waals surface area contributed by atoms with Crippen molar-refractivity contribution in [2.24, 2.45) is 0 Å². The standard InChI is InChI=1S/C10H13NO2/c1-7-2-3-10-9(4-7)11-5-8(6-12)13-10/h2-4,8,11-12H,5-6H2,1H3. The Morgan fingerprint density at radius 2 is 2.46 bits per heavy atom. The van der Waals surface area contributed by atoms with Crippen LogP contribution in [0.5, 0.6) is 5.75 Å². The molecule has 1 unspecified atom stereocenters. The molecule has 1 aromatic rings. The fourth-order valence-electron chi connectivity index (χ4n) is 1.43. The van der Waals surface area contributed by atoms with Crippen LogP contribution in [-0.2, 0) is 0 Å². The van der Waals surface area contributed by atoms with Crippen LogP contribution < -0.4 is 10.1 Å². The summed E-state index contributed by atoms with van der Waals surface area (Å²) >= 11 is 0. The Labute approximate surface area is 77.3 Å². The van der Waals surface area contributed by atoms with Crippen LogP contribution in [0, 0.1) is 6.92 Å². The summed E-state index contributed by atoms with van der Waals surface area (Å²) < 4.78 is 5.52. The number of nitrogens with one attached hydrogen (secondary N) is 1. The summed E-state index contributed by atoms with van der Waals surface area (Å²) in [5, 5.41) is 12.1. The Kier molecular flexibility index (Phi) is 2.10. The Bertz CT molecular complexity index is 312. The molecule has 1 atom stereocenters. The van der Waals surface area contributed by atoms with Gasteiger partial charge in [-0.3, -0.25) is 0 Å². The smallest absolute Gasteiger partial charge is 0.143 e. The third-order valence-corrected chi connectivity index (χ3v) is 2.15. The molecule has 0 saturated carbocycles. The van der Waals surface area contributed by atoms with E-state index in [1.807, 2.05) is 25.1 Å². The molecule has 0 aliphatic carbocycles. The number of aliphatic hydroxyl groups excluding tert-OH is 1. The summed E-state index contributed by atoms with van der Waals surface area (Å²) in [4.78, 5) is 0. The Morgan fingerprint density at radius 1 is 1.62 bits per heavy atom. The van der Waals surface area contributed by atoms with Gasteiger partial charge in [0.1, 0.15) is 11.9 Å². The Balaban J connectivity index is 2.26. The maximum Gasteiger partial charge on any atom is 0.143 e. The largest absolute Gasteiger partial charge is 0.484 e. The zero-order valence-electron chi connectivity index (χ0n) is 7.58. The minimum atomic E-state index is -0.116. The topological polar surface area (TPSA) is 41.5 Å². The average Bonchev–Trinajstić information content (AvgIpc) is 2.17. The van der Waals surface area contributed by atoms with Crippen LogP contribution in [0.15, 0.2) is 18.2 Å². The van der Waals surface area contributed by atoms with Gasteiger partial charge in [-0.05, 0) is 24.6 Å². The molecule has 0 bridgehead atoms. The molecule has 0 aromatic heterocycles. The summed E-state index contributed by atoms with van der Waals surface area (Å²) in [7, 11) is 0. The molecule has 13 heavy (non-hydrogen) atoms. The molecule has 1 aliphatic rings. The third kappa shape index (κ3) is 1.60. The first-order chi connectivity index (χ1) is 6.29. The van der Waals surface area contributed by atoms with E-state index < -0.39 is 0 Å². The van der Waals surface area contributed by atoms with Crippen molar-refractivity contribution in [2.75, 3.05) is 18.5 Å². The first-order valence-electron chi connectivity index (χ1n) is 4.41. The predicted octanol–water partition coefficient (Wildman–Crippen LogP) is 1.16. The van der Waals surface area contributed by atoms with Crippen LogP contribution in [0.4, 0.5) is 5.69 Å². The van der Waals surface area contributed by atoms with Gasteiger partial charge in [-0.15, -0.1) is 0 Å². The molecule has 1 heterocycles. The molecule has 0 fully saturated rings. The third-order valence-electron chi connectivity index (χ3n) is 2.15. The van der Waals surface area contributed by atoms with Gasteiger partial charge in [0.2, 0.25) is 0 Å². The van der Waals surface area contributed by atoms with Gasteiger partial charge in [-0.25, -0.2) is 0 Å². The van der Waals surface area contributed by atoms with Gasteiger partial charge in [0.25, 0.3) is 0 Å². The lowest BCUT2D eigenvalue weighted by molar-refractivity contribution is 0.120. The van der Waals surface area contributed by atoms with Crippen molar-refractivity contribution >= 4 is 5.69 Å². The number of rotatable bonds is 1. The van der Waals surface area contributed by atoms with Gasteiger partial charge >= 0.3 is 0 Å².